The Hall–Kier alpha value is -3.14. The minimum Gasteiger partial charge on any atom is -0.423 e. The first-order valence-corrected chi connectivity index (χ1v) is 9.02. The molecule has 5 aromatic rings. The Balaban J connectivity index is 1.88. The molecule has 0 spiro atoms. The third-order valence-corrected chi connectivity index (χ3v) is 5.26. The van der Waals surface area contributed by atoms with Crippen LogP contribution in [-0.4, -0.2) is 17.2 Å². The fourth-order valence-electron chi connectivity index (χ4n) is 3.97. The fraction of sp³-hybridized carbons (Fsp3) is 0. The molecule has 0 saturated carbocycles. The van der Waals surface area contributed by atoms with Gasteiger partial charge in [0.25, 0.3) is 0 Å². The van der Waals surface area contributed by atoms with Gasteiger partial charge >= 0.3 is 7.12 Å². The van der Waals surface area contributed by atoms with Gasteiger partial charge in [-0.1, -0.05) is 84.9 Å². The fourth-order valence-corrected chi connectivity index (χ4v) is 3.97. The first kappa shape index (κ1) is 16.1. The third kappa shape index (κ3) is 2.60. The van der Waals surface area contributed by atoms with Gasteiger partial charge in [-0.25, -0.2) is 0 Å². The highest BCUT2D eigenvalue weighted by Gasteiger charge is 2.14. The molecule has 0 saturated heterocycles. The predicted molar refractivity (Wildman–Crippen MR) is 114 cm³/mol. The predicted octanol–water partition coefficient (Wildman–Crippen LogP) is 4.49. The molecule has 0 aliphatic rings. The standard InChI is InChI=1S/C24H17BO2/c26-25(27)18-12-13-20-16(14-18)7-5-11-22(20)24-15-17-6-1-2-8-19(17)21-9-3-4-10-23(21)24/h1-15,26-27H. The quantitative estimate of drug-likeness (QED) is 0.364. The molecular formula is C24H17BO2. The van der Waals surface area contributed by atoms with Crippen LogP contribution < -0.4 is 5.46 Å². The summed E-state index contributed by atoms with van der Waals surface area (Å²) in [4.78, 5) is 0. The van der Waals surface area contributed by atoms with Crippen molar-refractivity contribution in [2.75, 3.05) is 0 Å². The highest BCUT2D eigenvalue weighted by Crippen LogP contribution is 2.37. The van der Waals surface area contributed by atoms with Gasteiger partial charge < -0.3 is 10.0 Å². The number of rotatable bonds is 2. The lowest BCUT2D eigenvalue weighted by Crippen LogP contribution is -2.29. The molecule has 0 bridgehead atoms. The Morgan fingerprint density at radius 3 is 1.96 bits per heavy atom. The molecule has 2 nitrogen and oxygen atoms in total. The molecule has 0 unspecified atom stereocenters. The zero-order valence-electron chi connectivity index (χ0n) is 14.6. The average Bonchev–Trinajstić information content (AvgIpc) is 2.72. The van der Waals surface area contributed by atoms with Gasteiger partial charge in [0.2, 0.25) is 0 Å². The summed E-state index contributed by atoms with van der Waals surface area (Å²) in [6.45, 7) is 0. The minimum absolute atomic E-state index is 0.503. The van der Waals surface area contributed by atoms with Crippen molar-refractivity contribution in [2.24, 2.45) is 0 Å². The lowest BCUT2D eigenvalue weighted by atomic mass is 9.79. The van der Waals surface area contributed by atoms with Gasteiger partial charge in [-0.3, -0.25) is 0 Å². The van der Waals surface area contributed by atoms with E-state index in [0.717, 1.165) is 16.3 Å². The molecule has 0 atom stereocenters. The maximum absolute atomic E-state index is 9.48. The molecule has 3 heteroatoms. The zero-order chi connectivity index (χ0) is 18.4. The Bertz CT molecular complexity index is 1310. The molecule has 27 heavy (non-hydrogen) atoms. The Morgan fingerprint density at radius 2 is 1.15 bits per heavy atom. The van der Waals surface area contributed by atoms with Crippen LogP contribution in [0.2, 0.25) is 0 Å². The summed E-state index contributed by atoms with van der Waals surface area (Å²) in [7, 11) is -1.46. The molecule has 5 rings (SSSR count). The van der Waals surface area contributed by atoms with Crippen LogP contribution in [0.4, 0.5) is 0 Å². The molecule has 0 radical (unpaired) electrons. The summed E-state index contributed by atoms with van der Waals surface area (Å²) in [6.07, 6.45) is 0. The van der Waals surface area contributed by atoms with Crippen molar-refractivity contribution >= 4 is 44.9 Å². The second kappa shape index (κ2) is 6.24. The maximum atomic E-state index is 9.48. The van der Waals surface area contributed by atoms with Gasteiger partial charge in [-0.2, -0.15) is 0 Å². The zero-order valence-corrected chi connectivity index (χ0v) is 14.6. The van der Waals surface area contributed by atoms with Crippen molar-refractivity contribution in [3.63, 3.8) is 0 Å². The van der Waals surface area contributed by atoms with E-state index in [-0.39, 0.29) is 0 Å². The molecule has 128 valence electrons. The Kier molecular flexibility index (Phi) is 3.71. The minimum atomic E-state index is -1.46. The number of hydrogen-bond donors (Lipinski definition) is 2. The molecule has 0 aliphatic carbocycles. The Labute approximate surface area is 157 Å². The van der Waals surface area contributed by atoms with Crippen LogP contribution in [0.15, 0.2) is 91.0 Å². The molecule has 0 fully saturated rings. The molecule has 2 N–H and O–H groups in total. The lowest BCUT2D eigenvalue weighted by molar-refractivity contribution is 0.426. The second-order valence-corrected chi connectivity index (χ2v) is 6.85. The van der Waals surface area contributed by atoms with Crippen LogP contribution in [0.1, 0.15) is 0 Å². The van der Waals surface area contributed by atoms with E-state index in [1.807, 2.05) is 24.3 Å². The van der Waals surface area contributed by atoms with Crippen LogP contribution in [0.25, 0.3) is 43.4 Å². The molecule has 0 amide bonds. The molecule has 0 aromatic heterocycles. The van der Waals surface area contributed by atoms with Gasteiger partial charge in [0.1, 0.15) is 0 Å². The number of fused-ring (bicyclic) bond motifs is 4. The molecular weight excluding hydrogens is 331 g/mol. The normalized spacial score (nSPS) is 11.3. The van der Waals surface area contributed by atoms with Crippen molar-refractivity contribution in [3.05, 3.63) is 91.0 Å². The van der Waals surface area contributed by atoms with Crippen LogP contribution in [-0.2, 0) is 0 Å². The van der Waals surface area contributed by atoms with Gasteiger partial charge in [-0.05, 0) is 55.0 Å². The van der Waals surface area contributed by atoms with Gasteiger partial charge in [-0.15, -0.1) is 0 Å². The van der Waals surface area contributed by atoms with E-state index in [9.17, 15) is 10.0 Å². The van der Waals surface area contributed by atoms with Crippen LogP contribution in [0, 0.1) is 0 Å². The van der Waals surface area contributed by atoms with Crippen molar-refractivity contribution in [1.29, 1.82) is 0 Å². The van der Waals surface area contributed by atoms with E-state index >= 15 is 0 Å². The van der Waals surface area contributed by atoms with E-state index < -0.39 is 7.12 Å². The van der Waals surface area contributed by atoms with Crippen molar-refractivity contribution in [2.45, 2.75) is 0 Å². The van der Waals surface area contributed by atoms with E-state index in [1.165, 1.54) is 27.1 Å². The van der Waals surface area contributed by atoms with E-state index in [1.54, 1.807) is 6.07 Å². The summed E-state index contributed by atoms with van der Waals surface area (Å²) in [5.41, 5.74) is 2.84. The third-order valence-electron chi connectivity index (χ3n) is 5.26. The number of hydrogen-bond acceptors (Lipinski definition) is 2. The second-order valence-electron chi connectivity index (χ2n) is 6.85. The highest BCUT2D eigenvalue weighted by atomic mass is 16.4. The van der Waals surface area contributed by atoms with Crippen LogP contribution in [0.5, 0.6) is 0 Å². The summed E-state index contributed by atoms with van der Waals surface area (Å²) >= 11 is 0. The van der Waals surface area contributed by atoms with E-state index in [0.29, 0.717) is 5.46 Å². The maximum Gasteiger partial charge on any atom is 0.488 e. The van der Waals surface area contributed by atoms with Crippen molar-refractivity contribution in [3.8, 4) is 11.1 Å². The van der Waals surface area contributed by atoms with Crippen LogP contribution in [0.3, 0.4) is 0 Å². The summed E-state index contributed by atoms with van der Waals surface area (Å²) in [6, 6.07) is 31.0. The summed E-state index contributed by atoms with van der Waals surface area (Å²) in [5, 5.41) is 26.0. The summed E-state index contributed by atoms with van der Waals surface area (Å²) in [5.74, 6) is 0. The monoisotopic (exact) mass is 348 g/mol. The van der Waals surface area contributed by atoms with Gasteiger partial charge in [0.05, 0.1) is 0 Å². The summed E-state index contributed by atoms with van der Waals surface area (Å²) < 4.78 is 0. The first-order chi connectivity index (χ1) is 13.2. The van der Waals surface area contributed by atoms with Gasteiger partial charge in [0, 0.05) is 0 Å². The highest BCUT2D eigenvalue weighted by molar-refractivity contribution is 6.59. The topological polar surface area (TPSA) is 40.5 Å². The van der Waals surface area contributed by atoms with E-state index in [2.05, 4.69) is 60.7 Å². The smallest absolute Gasteiger partial charge is 0.423 e. The van der Waals surface area contributed by atoms with Crippen molar-refractivity contribution < 1.29 is 10.0 Å². The largest absolute Gasteiger partial charge is 0.488 e. The van der Waals surface area contributed by atoms with Crippen molar-refractivity contribution in [1.82, 2.24) is 0 Å². The van der Waals surface area contributed by atoms with E-state index in [4.69, 9.17) is 0 Å². The first-order valence-electron chi connectivity index (χ1n) is 9.02. The average molecular weight is 348 g/mol. The lowest BCUT2D eigenvalue weighted by Gasteiger charge is -2.13. The molecule has 0 aliphatic heterocycles. The number of benzene rings is 5. The Morgan fingerprint density at radius 1 is 0.481 bits per heavy atom. The molecule has 0 heterocycles. The SMILES string of the molecule is OB(O)c1ccc2c(-c3cc4ccccc4c4ccccc34)cccc2c1. The molecule has 5 aromatic carbocycles. The van der Waals surface area contributed by atoms with Gasteiger partial charge in [0.15, 0.2) is 0 Å². The van der Waals surface area contributed by atoms with Crippen LogP contribution >= 0.6 is 0 Å².